The van der Waals surface area contributed by atoms with E-state index < -0.39 is 44.1 Å². The summed E-state index contributed by atoms with van der Waals surface area (Å²) in [4.78, 5) is 27.8. The number of carbonyl (C=O) groups is 1. The number of halogens is 1. The van der Waals surface area contributed by atoms with Crippen LogP contribution in [0.5, 0.6) is 0 Å². The lowest BCUT2D eigenvalue weighted by Crippen LogP contribution is -2.38. The summed E-state index contributed by atoms with van der Waals surface area (Å²) in [5, 5.41) is 15.8. The molecule has 1 aliphatic rings. The molecule has 0 radical (unpaired) electrons. The molecule has 6 atom stereocenters. The monoisotopic (exact) mass is 705 g/mol. The molecule has 1 amide bonds. The van der Waals surface area contributed by atoms with Crippen molar-refractivity contribution in [3.05, 3.63) is 95.7 Å². The number of nitrogens with two attached hydrogens (primary N) is 1. The van der Waals surface area contributed by atoms with Crippen molar-refractivity contribution in [2.75, 3.05) is 25.9 Å². The van der Waals surface area contributed by atoms with Gasteiger partial charge in [-0.2, -0.15) is 4.98 Å². The number of hydrogen-bond donors (Lipinski definition) is 4. The highest BCUT2D eigenvalue weighted by molar-refractivity contribution is 7.51. The van der Waals surface area contributed by atoms with Crippen LogP contribution in [0.25, 0.3) is 0 Å². The predicted octanol–water partition coefficient (Wildman–Crippen LogP) is 5.77. The fourth-order valence-corrected chi connectivity index (χ4v) is 5.89. The number of nitrogen functional groups attached to an aromatic ring is 1. The Morgan fingerprint density at radius 3 is 2.12 bits per heavy atom. The van der Waals surface area contributed by atoms with Crippen LogP contribution in [-0.2, 0) is 23.1 Å². The van der Waals surface area contributed by atoms with E-state index in [2.05, 4.69) is 83.1 Å². The lowest BCUT2D eigenvalue weighted by atomic mass is 10.1. The Bertz CT molecular complexity index is 1410. The van der Waals surface area contributed by atoms with E-state index in [0.717, 1.165) is 50.2 Å². The molecule has 14 heteroatoms. The maximum absolute atomic E-state index is 14.9. The second-order valence-corrected chi connectivity index (χ2v) is 13.1. The first-order chi connectivity index (χ1) is 23.6. The van der Waals surface area contributed by atoms with Crippen LogP contribution in [0, 0.1) is 0 Å². The number of rotatable bonds is 23. The zero-order chi connectivity index (χ0) is 35.9. The van der Waals surface area contributed by atoms with E-state index in [1.165, 1.54) is 19.2 Å². The van der Waals surface area contributed by atoms with Gasteiger partial charge in [-0.3, -0.25) is 13.9 Å². The Morgan fingerprint density at radius 2 is 1.59 bits per heavy atom. The van der Waals surface area contributed by atoms with Gasteiger partial charge in [-0.25, -0.2) is 18.8 Å². The molecule has 5 N–H and O–H groups in total. The van der Waals surface area contributed by atoms with Crippen LogP contribution in [-0.4, -0.2) is 65.2 Å². The Kier molecular flexibility index (Phi) is 20.3. The minimum absolute atomic E-state index is 0.0448. The third-order valence-corrected chi connectivity index (χ3v) is 8.95. The van der Waals surface area contributed by atoms with Crippen LogP contribution < -0.4 is 21.8 Å². The van der Waals surface area contributed by atoms with Crippen LogP contribution in [0.15, 0.2) is 90.0 Å². The van der Waals surface area contributed by atoms with Crippen LogP contribution >= 0.6 is 7.75 Å². The number of anilines is 1. The van der Waals surface area contributed by atoms with Crippen molar-refractivity contribution in [1.82, 2.24) is 20.0 Å². The number of allylic oxidation sites excluding steroid dienone is 12. The minimum Gasteiger partial charge on any atom is -0.387 e. The van der Waals surface area contributed by atoms with E-state index in [9.17, 15) is 23.7 Å². The van der Waals surface area contributed by atoms with Crippen molar-refractivity contribution in [2.45, 2.75) is 95.9 Å². The lowest BCUT2D eigenvalue weighted by Gasteiger charge is -2.26. The van der Waals surface area contributed by atoms with Gasteiger partial charge in [-0.15, -0.1) is 0 Å². The average Bonchev–Trinajstić information content (AvgIpc) is 3.37. The molecule has 1 unspecified atom stereocenters. The Labute approximate surface area is 289 Å². The number of hydrogen-bond acceptors (Lipinski definition) is 9. The zero-order valence-corrected chi connectivity index (χ0v) is 29.6. The normalized spacial score (nSPS) is 22.1. The summed E-state index contributed by atoms with van der Waals surface area (Å²) in [5.41, 5.74) is 4.63. The first-order valence-electron chi connectivity index (χ1n) is 16.7. The van der Waals surface area contributed by atoms with E-state index in [-0.39, 0.29) is 24.8 Å². The highest BCUT2D eigenvalue weighted by Crippen LogP contribution is 2.46. The van der Waals surface area contributed by atoms with Gasteiger partial charge in [-0.05, 0) is 57.9 Å². The van der Waals surface area contributed by atoms with Crippen LogP contribution in [0.3, 0.4) is 0 Å². The molecule has 12 nitrogen and oxygen atoms in total. The third-order valence-electron chi connectivity index (χ3n) is 7.25. The summed E-state index contributed by atoms with van der Waals surface area (Å²) in [6, 6.07) is 1.30. The molecule has 0 spiro atoms. The molecule has 1 fully saturated rings. The second-order valence-electron chi connectivity index (χ2n) is 11.2. The van der Waals surface area contributed by atoms with Gasteiger partial charge < -0.3 is 25.4 Å². The van der Waals surface area contributed by atoms with Gasteiger partial charge in [-0.1, -0.05) is 79.8 Å². The smallest absolute Gasteiger partial charge is 0.387 e. The minimum atomic E-state index is -3.92. The first-order valence-corrected chi connectivity index (χ1v) is 18.2. The molecule has 1 aliphatic heterocycles. The molecule has 2 rings (SSSR count). The number of aromatic nitrogens is 2. The summed E-state index contributed by atoms with van der Waals surface area (Å²) in [5.74, 6) is -0.214. The summed E-state index contributed by atoms with van der Waals surface area (Å²) in [6.07, 6.45) is 25.7. The molecule has 272 valence electrons. The van der Waals surface area contributed by atoms with E-state index in [1.54, 1.807) is 0 Å². The van der Waals surface area contributed by atoms with Crippen molar-refractivity contribution in [3.63, 3.8) is 0 Å². The van der Waals surface area contributed by atoms with Crippen LogP contribution in [0.1, 0.15) is 71.4 Å². The number of nitrogens with zero attached hydrogens (tertiary/aromatic N) is 2. The molecule has 1 aromatic heterocycles. The van der Waals surface area contributed by atoms with Crippen molar-refractivity contribution in [1.29, 1.82) is 0 Å². The molecular weight excluding hydrogens is 652 g/mol. The second kappa shape index (κ2) is 23.8. The van der Waals surface area contributed by atoms with Gasteiger partial charge in [0.05, 0.1) is 6.10 Å². The van der Waals surface area contributed by atoms with Gasteiger partial charge in [0.1, 0.15) is 18.0 Å². The maximum Gasteiger partial charge on any atom is 0.405 e. The number of nitrogens with one attached hydrogen (secondary N) is 2. The zero-order valence-electron chi connectivity index (χ0n) is 28.7. The highest BCUT2D eigenvalue weighted by atomic mass is 31.2. The fraction of sp³-hybridized carbons (Fsp3) is 0.514. The SMILES string of the molecule is CC/C=C\C/C=C\C/C=C\C/C=C\C/C=C\C/C=C\CCC(=O)NCCNP(=O)(OC)O[C@H](C)[C@H]1O[C@@H](n2ccc(N)nc2=O)[C@H](F)[C@@H]1O. The number of carbonyl (C=O) groups excluding carboxylic acids is 1. The van der Waals surface area contributed by atoms with E-state index >= 15 is 0 Å². The van der Waals surface area contributed by atoms with Crippen LogP contribution in [0.2, 0.25) is 0 Å². The van der Waals surface area contributed by atoms with E-state index in [0.29, 0.717) is 12.8 Å². The molecule has 0 aliphatic carbocycles. The standard InChI is InChI=1S/C35H53FN5O7P/c1-4-5-6-7-8-9-10-11-12-13-14-15-16-17-18-19-20-21-22-23-30(42)38-25-26-39-49(45,46-3)48-28(2)33-32(43)31(36)34(47-33)41-27-24-29(37)40-35(41)44/h5-6,8-9,11-12,14-15,17-18,20-21,24,27-28,31-34,43H,4,7,10,13,16,19,22-23,25-26H2,1-3H3,(H,38,42)(H,39,45)(H2,37,40,44)/b6-5-,9-8-,12-11-,15-14-,18-17-,21-20-/t28-,31-,32+,33-,34-,49?/m1/s1. The molecule has 1 aromatic rings. The Hall–Kier alpha value is -3.45. The third kappa shape index (κ3) is 16.2. The van der Waals surface area contributed by atoms with Crippen molar-refractivity contribution in [2.24, 2.45) is 0 Å². The van der Waals surface area contributed by atoms with Gasteiger partial charge in [0.15, 0.2) is 12.4 Å². The molecule has 49 heavy (non-hydrogen) atoms. The summed E-state index contributed by atoms with van der Waals surface area (Å²) >= 11 is 0. The maximum atomic E-state index is 14.9. The van der Waals surface area contributed by atoms with Crippen molar-refractivity contribution < 1.29 is 32.6 Å². The van der Waals surface area contributed by atoms with Gasteiger partial charge in [0.2, 0.25) is 5.91 Å². The number of amides is 1. The average molecular weight is 706 g/mol. The number of aliphatic hydroxyl groups excluding tert-OH is 1. The van der Waals surface area contributed by atoms with Gasteiger partial charge in [0.25, 0.3) is 0 Å². The highest BCUT2D eigenvalue weighted by Gasteiger charge is 2.49. The molecule has 2 heterocycles. The van der Waals surface area contributed by atoms with Crippen molar-refractivity contribution >= 4 is 19.5 Å². The number of alkyl halides is 1. The lowest BCUT2D eigenvalue weighted by molar-refractivity contribution is -0.120. The molecule has 0 saturated carbocycles. The van der Waals surface area contributed by atoms with E-state index in [4.69, 9.17) is 19.5 Å². The number of aliphatic hydroxyl groups is 1. The van der Waals surface area contributed by atoms with Gasteiger partial charge >= 0.3 is 13.4 Å². The summed E-state index contributed by atoms with van der Waals surface area (Å²) in [7, 11) is -2.76. The first kappa shape index (κ1) is 41.7. The number of ether oxygens (including phenoxy) is 1. The fourth-order valence-electron chi connectivity index (χ4n) is 4.65. The molecule has 0 aromatic carbocycles. The quantitative estimate of drug-likeness (QED) is 0.0624. The molecule has 1 saturated heterocycles. The van der Waals surface area contributed by atoms with Crippen LogP contribution in [0.4, 0.5) is 10.2 Å². The molecule has 0 bridgehead atoms. The largest absolute Gasteiger partial charge is 0.405 e. The summed E-state index contributed by atoms with van der Waals surface area (Å²) < 4.78 is 44.9. The van der Waals surface area contributed by atoms with E-state index in [1.807, 2.05) is 12.2 Å². The molecular formula is C35H53FN5O7P. The topological polar surface area (TPSA) is 167 Å². The Balaban J connectivity index is 1.59. The Morgan fingerprint density at radius 1 is 1.04 bits per heavy atom. The predicted molar refractivity (Wildman–Crippen MR) is 191 cm³/mol. The summed E-state index contributed by atoms with van der Waals surface area (Å²) in [6.45, 7) is 3.77. The van der Waals surface area contributed by atoms with Gasteiger partial charge in [0, 0.05) is 32.8 Å². The van der Waals surface area contributed by atoms with Crippen molar-refractivity contribution in [3.8, 4) is 0 Å².